The van der Waals surface area contributed by atoms with Crippen LogP contribution in [-0.4, -0.2) is 4.98 Å². The predicted octanol–water partition coefficient (Wildman–Crippen LogP) is 5.95. The van der Waals surface area contributed by atoms with Gasteiger partial charge in [0.1, 0.15) is 5.69 Å². The molecule has 31 heavy (non-hydrogen) atoms. The molecule has 6 rings (SSSR count). The Morgan fingerprint density at radius 3 is 2.32 bits per heavy atom. The molecule has 0 saturated heterocycles. The van der Waals surface area contributed by atoms with Crippen LogP contribution >= 0.6 is 0 Å². The minimum absolute atomic E-state index is 0.955. The van der Waals surface area contributed by atoms with E-state index in [4.69, 9.17) is 4.98 Å². The van der Waals surface area contributed by atoms with Gasteiger partial charge < -0.3 is 0 Å². The average Bonchev–Trinajstić information content (AvgIpc) is 3.25. The summed E-state index contributed by atoms with van der Waals surface area (Å²) in [5.74, 6) is 0. The Hall–Kier alpha value is -3.26. The summed E-state index contributed by atoms with van der Waals surface area (Å²) in [6.45, 7) is 8.83. The lowest BCUT2D eigenvalue weighted by Crippen LogP contribution is -2.33. The van der Waals surface area contributed by atoms with Crippen molar-refractivity contribution in [3.05, 3.63) is 93.3 Å². The van der Waals surface area contributed by atoms with Crippen molar-refractivity contribution in [2.75, 3.05) is 0 Å². The minimum Gasteiger partial charge on any atom is -0.232 e. The zero-order valence-corrected chi connectivity index (χ0v) is 18.9. The second kappa shape index (κ2) is 6.37. The number of rotatable bonds is 1. The van der Waals surface area contributed by atoms with Crippen molar-refractivity contribution in [3.8, 4) is 33.6 Å². The fourth-order valence-corrected chi connectivity index (χ4v) is 5.63. The van der Waals surface area contributed by atoms with Crippen LogP contribution in [-0.2, 0) is 19.9 Å². The van der Waals surface area contributed by atoms with Crippen molar-refractivity contribution in [1.29, 1.82) is 0 Å². The van der Waals surface area contributed by atoms with Crippen LogP contribution in [0.15, 0.2) is 48.8 Å². The van der Waals surface area contributed by atoms with E-state index in [1.54, 1.807) is 0 Å². The van der Waals surface area contributed by atoms with Crippen molar-refractivity contribution in [1.82, 2.24) is 4.98 Å². The van der Waals surface area contributed by atoms with Crippen LogP contribution < -0.4 is 4.57 Å². The number of hydrogen-bond acceptors (Lipinski definition) is 1. The second-order valence-corrected chi connectivity index (χ2v) is 9.47. The van der Waals surface area contributed by atoms with Gasteiger partial charge >= 0.3 is 0 Å². The van der Waals surface area contributed by atoms with Gasteiger partial charge in [-0.2, -0.15) is 0 Å². The molecule has 0 spiro atoms. The Balaban J connectivity index is 1.56. The molecule has 2 aliphatic rings. The minimum atomic E-state index is 0.955. The summed E-state index contributed by atoms with van der Waals surface area (Å²) in [5.41, 5.74) is 18.9. The van der Waals surface area contributed by atoms with Gasteiger partial charge in [0.25, 0.3) is 6.33 Å². The smallest absolute Gasteiger partial charge is 0.232 e. The van der Waals surface area contributed by atoms with E-state index in [-0.39, 0.29) is 0 Å². The van der Waals surface area contributed by atoms with Gasteiger partial charge in [-0.15, -0.1) is 0 Å². The first kappa shape index (κ1) is 18.5. The molecule has 1 aromatic heterocycles. The van der Waals surface area contributed by atoms with Gasteiger partial charge in [0.2, 0.25) is 0 Å². The van der Waals surface area contributed by atoms with Crippen LogP contribution in [0.1, 0.15) is 44.5 Å². The van der Waals surface area contributed by atoms with Crippen LogP contribution in [0, 0.1) is 27.7 Å². The van der Waals surface area contributed by atoms with Crippen molar-refractivity contribution in [2.24, 2.45) is 7.05 Å². The van der Waals surface area contributed by atoms with Gasteiger partial charge in [-0.3, -0.25) is 0 Å². The maximum Gasteiger partial charge on any atom is 0.287 e. The lowest BCUT2D eigenvalue weighted by atomic mass is 9.94. The van der Waals surface area contributed by atoms with E-state index in [1.807, 2.05) is 6.33 Å². The Labute approximate surface area is 184 Å². The average molecular weight is 404 g/mol. The summed E-state index contributed by atoms with van der Waals surface area (Å²) < 4.78 is 2.21. The number of nitrogens with zero attached hydrogens (tertiary/aromatic N) is 2. The first-order valence-corrected chi connectivity index (χ1v) is 11.1. The zero-order chi connectivity index (χ0) is 21.4. The number of aryl methyl sites for hydroxylation is 4. The van der Waals surface area contributed by atoms with E-state index in [0.29, 0.717) is 0 Å². The number of hydrogen-bond donors (Lipinski definition) is 0. The van der Waals surface area contributed by atoms with E-state index in [2.05, 4.69) is 81.8 Å². The van der Waals surface area contributed by atoms with Gasteiger partial charge in [-0.05, 0) is 90.2 Å². The molecule has 2 aliphatic carbocycles. The summed E-state index contributed by atoms with van der Waals surface area (Å²) >= 11 is 0. The van der Waals surface area contributed by atoms with Gasteiger partial charge in [-0.1, -0.05) is 41.5 Å². The Morgan fingerprint density at radius 1 is 0.710 bits per heavy atom. The topological polar surface area (TPSA) is 16.8 Å². The second-order valence-electron chi connectivity index (χ2n) is 9.47. The summed E-state index contributed by atoms with van der Waals surface area (Å²) in [6.07, 6.45) is 3.99. The number of benzene rings is 3. The standard InChI is InChI=1S/C29H27N2/c1-16-6-7-23-20(9-16)11-21-12-22-13-27-28(26(22)14-25(21)23)30-15-31(5)29(27)24-10-17(2)8-18(3)19(24)4/h6-10,12,14-15H,11,13H2,1-5H3/q+1. The molecule has 0 saturated carbocycles. The summed E-state index contributed by atoms with van der Waals surface area (Å²) in [5, 5.41) is 0. The molecule has 0 N–H and O–H groups in total. The maximum atomic E-state index is 4.92. The quantitative estimate of drug-likeness (QED) is 0.310. The van der Waals surface area contributed by atoms with Crippen LogP contribution in [0.4, 0.5) is 0 Å². The van der Waals surface area contributed by atoms with E-state index in [1.165, 1.54) is 72.5 Å². The molecular formula is C29H27N2+. The SMILES string of the molecule is Cc1ccc2c(c1)Cc1cc3c(cc1-2)-c1nc[n+](C)c(-c2cc(C)cc(C)c2C)c1C3. The van der Waals surface area contributed by atoms with E-state index in [9.17, 15) is 0 Å². The number of fused-ring (bicyclic) bond motifs is 6. The molecular weight excluding hydrogens is 376 g/mol. The Bertz CT molecular complexity index is 1430. The maximum absolute atomic E-state index is 4.92. The third kappa shape index (κ3) is 2.64. The molecule has 0 bridgehead atoms. The van der Waals surface area contributed by atoms with E-state index >= 15 is 0 Å². The molecule has 3 aromatic carbocycles. The zero-order valence-electron chi connectivity index (χ0n) is 18.9. The lowest BCUT2D eigenvalue weighted by Gasteiger charge is -2.13. The summed E-state index contributed by atoms with van der Waals surface area (Å²) in [4.78, 5) is 4.92. The number of aromatic nitrogens is 2. The molecule has 0 aliphatic heterocycles. The van der Waals surface area contributed by atoms with Gasteiger partial charge in [0.05, 0.1) is 12.6 Å². The lowest BCUT2D eigenvalue weighted by molar-refractivity contribution is -0.663. The molecule has 0 amide bonds. The molecule has 0 radical (unpaired) electrons. The normalized spacial score (nSPS) is 13.1. The molecule has 0 fully saturated rings. The van der Waals surface area contributed by atoms with Crippen molar-refractivity contribution in [3.63, 3.8) is 0 Å². The fourth-order valence-electron chi connectivity index (χ4n) is 5.63. The third-order valence-electron chi connectivity index (χ3n) is 7.23. The highest BCUT2D eigenvalue weighted by molar-refractivity contribution is 5.87. The molecule has 2 nitrogen and oxygen atoms in total. The Morgan fingerprint density at radius 2 is 1.48 bits per heavy atom. The van der Waals surface area contributed by atoms with Crippen molar-refractivity contribution < 1.29 is 4.57 Å². The molecule has 152 valence electrons. The van der Waals surface area contributed by atoms with Gasteiger partial charge in [0, 0.05) is 17.5 Å². The van der Waals surface area contributed by atoms with E-state index < -0.39 is 0 Å². The monoisotopic (exact) mass is 403 g/mol. The largest absolute Gasteiger partial charge is 0.287 e. The molecule has 0 atom stereocenters. The van der Waals surface area contributed by atoms with Gasteiger partial charge in [-0.25, -0.2) is 4.57 Å². The van der Waals surface area contributed by atoms with Crippen molar-refractivity contribution >= 4 is 0 Å². The molecule has 2 heteroatoms. The van der Waals surface area contributed by atoms with Crippen LogP contribution in [0.2, 0.25) is 0 Å². The first-order valence-electron chi connectivity index (χ1n) is 11.1. The van der Waals surface area contributed by atoms with Gasteiger partial charge in [0.15, 0.2) is 5.69 Å². The predicted molar refractivity (Wildman–Crippen MR) is 126 cm³/mol. The molecule has 4 aromatic rings. The van der Waals surface area contributed by atoms with Crippen LogP contribution in [0.5, 0.6) is 0 Å². The highest BCUT2D eigenvalue weighted by atomic mass is 15.0. The van der Waals surface area contributed by atoms with Crippen molar-refractivity contribution in [2.45, 2.75) is 40.5 Å². The highest BCUT2D eigenvalue weighted by Crippen LogP contribution is 2.46. The van der Waals surface area contributed by atoms with E-state index in [0.717, 1.165) is 18.5 Å². The van der Waals surface area contributed by atoms with Crippen LogP contribution in [0.3, 0.4) is 0 Å². The molecule has 1 heterocycles. The summed E-state index contributed by atoms with van der Waals surface area (Å²) in [7, 11) is 2.13. The molecule has 0 unspecified atom stereocenters. The first-order chi connectivity index (χ1) is 14.9. The Kier molecular flexibility index (Phi) is 3.80. The summed E-state index contributed by atoms with van der Waals surface area (Å²) in [6, 6.07) is 16.3. The third-order valence-corrected chi connectivity index (χ3v) is 7.23. The fraction of sp³-hybridized carbons (Fsp3) is 0.241. The van der Waals surface area contributed by atoms with Crippen LogP contribution in [0.25, 0.3) is 33.6 Å². The highest BCUT2D eigenvalue weighted by Gasteiger charge is 2.33.